The van der Waals surface area contributed by atoms with Crippen molar-refractivity contribution in [3.05, 3.63) is 47.7 Å². The number of imide groups is 1. The normalized spacial score (nSPS) is 10.8. The maximum Gasteiger partial charge on any atom is 0.375 e. The van der Waals surface area contributed by atoms with Crippen LogP contribution in [0.15, 0.2) is 40.8 Å². The Hall–Kier alpha value is -3.35. The third-order valence-electron chi connectivity index (χ3n) is 4.42. The van der Waals surface area contributed by atoms with Crippen LogP contribution in [0.25, 0.3) is 21.7 Å². The van der Waals surface area contributed by atoms with Crippen LogP contribution in [0.5, 0.6) is 0 Å². The monoisotopic (exact) mass is 382 g/mol. The number of unbranched alkanes of at least 4 members (excludes halogenated alkanes) is 1. The Labute approximate surface area is 162 Å². The van der Waals surface area contributed by atoms with Crippen molar-refractivity contribution in [1.29, 1.82) is 0 Å². The van der Waals surface area contributed by atoms with E-state index in [1.807, 2.05) is 43.3 Å². The summed E-state index contributed by atoms with van der Waals surface area (Å²) in [6, 6.07) is 10.9. The second-order valence-corrected chi connectivity index (χ2v) is 6.45. The van der Waals surface area contributed by atoms with Crippen molar-refractivity contribution in [2.24, 2.45) is 0 Å². The molecule has 3 rings (SSSR count). The van der Waals surface area contributed by atoms with E-state index in [4.69, 9.17) is 9.15 Å². The fourth-order valence-electron chi connectivity index (χ4n) is 2.93. The first kappa shape index (κ1) is 19.4. The minimum atomic E-state index is -0.751. The SMILES string of the molecule is CCCCNC(=O)NC(=O)COC(=O)c1oc2c(ccc3ccccc32)c1C. The second kappa shape index (κ2) is 8.56. The molecular weight excluding hydrogens is 360 g/mol. The lowest BCUT2D eigenvalue weighted by Crippen LogP contribution is -2.41. The number of rotatable bonds is 6. The van der Waals surface area contributed by atoms with Crippen LogP contribution < -0.4 is 10.6 Å². The molecular formula is C21H22N2O5. The summed E-state index contributed by atoms with van der Waals surface area (Å²) < 4.78 is 10.8. The molecule has 0 saturated carbocycles. The number of aryl methyl sites for hydroxylation is 1. The van der Waals surface area contributed by atoms with Gasteiger partial charge in [0.15, 0.2) is 6.61 Å². The molecule has 0 bridgehead atoms. The van der Waals surface area contributed by atoms with E-state index in [0.29, 0.717) is 17.7 Å². The van der Waals surface area contributed by atoms with Gasteiger partial charge in [0, 0.05) is 22.9 Å². The first-order valence-corrected chi connectivity index (χ1v) is 9.17. The summed E-state index contributed by atoms with van der Waals surface area (Å²) in [6.07, 6.45) is 1.74. The Kier molecular flexibility index (Phi) is 5.93. The van der Waals surface area contributed by atoms with Crippen molar-refractivity contribution < 1.29 is 23.5 Å². The molecule has 2 aromatic carbocycles. The molecule has 0 spiro atoms. The molecule has 0 unspecified atom stereocenters. The number of ether oxygens (including phenoxy) is 1. The van der Waals surface area contributed by atoms with Crippen molar-refractivity contribution in [3.8, 4) is 0 Å². The molecule has 2 N–H and O–H groups in total. The molecule has 3 aromatic rings. The lowest BCUT2D eigenvalue weighted by atomic mass is 10.1. The van der Waals surface area contributed by atoms with E-state index in [1.54, 1.807) is 6.92 Å². The van der Waals surface area contributed by atoms with Crippen LogP contribution in [-0.4, -0.2) is 31.1 Å². The van der Waals surface area contributed by atoms with Gasteiger partial charge in [0.1, 0.15) is 5.58 Å². The van der Waals surface area contributed by atoms with Crippen LogP contribution in [-0.2, 0) is 9.53 Å². The highest BCUT2D eigenvalue weighted by Crippen LogP contribution is 2.31. The summed E-state index contributed by atoms with van der Waals surface area (Å²) in [6.45, 7) is 3.66. The molecule has 0 atom stereocenters. The zero-order valence-electron chi connectivity index (χ0n) is 15.8. The number of fused-ring (bicyclic) bond motifs is 3. The molecule has 28 heavy (non-hydrogen) atoms. The Bertz CT molecular complexity index is 1040. The van der Waals surface area contributed by atoms with Gasteiger partial charge in [0.2, 0.25) is 5.76 Å². The Balaban J connectivity index is 1.67. The van der Waals surface area contributed by atoms with Crippen LogP contribution in [0.1, 0.15) is 35.9 Å². The minimum Gasteiger partial charge on any atom is -0.450 e. The van der Waals surface area contributed by atoms with Gasteiger partial charge in [0.05, 0.1) is 0 Å². The Morgan fingerprint density at radius 3 is 2.64 bits per heavy atom. The van der Waals surface area contributed by atoms with Crippen LogP contribution in [0.2, 0.25) is 0 Å². The van der Waals surface area contributed by atoms with Crippen LogP contribution in [0.3, 0.4) is 0 Å². The lowest BCUT2D eigenvalue weighted by Gasteiger charge is -2.06. The summed E-state index contributed by atoms with van der Waals surface area (Å²) >= 11 is 0. The van der Waals surface area contributed by atoms with Gasteiger partial charge in [-0.15, -0.1) is 0 Å². The molecule has 1 heterocycles. The van der Waals surface area contributed by atoms with E-state index in [2.05, 4.69) is 10.6 Å². The largest absolute Gasteiger partial charge is 0.450 e. The summed E-state index contributed by atoms with van der Waals surface area (Å²) in [5.74, 6) is -1.41. The standard InChI is InChI=1S/C21H22N2O5/c1-3-4-11-22-21(26)23-17(24)12-27-20(25)18-13(2)15-10-9-14-7-5-6-8-16(14)19(15)28-18/h5-10H,3-4,11-12H2,1-2H3,(H2,22,23,24,26). The van der Waals surface area contributed by atoms with E-state index in [-0.39, 0.29) is 5.76 Å². The highest BCUT2D eigenvalue weighted by molar-refractivity contribution is 6.08. The second-order valence-electron chi connectivity index (χ2n) is 6.45. The van der Waals surface area contributed by atoms with Crippen molar-refractivity contribution in [2.75, 3.05) is 13.2 Å². The molecule has 0 aliphatic carbocycles. The van der Waals surface area contributed by atoms with Crippen LogP contribution in [0.4, 0.5) is 4.79 Å². The van der Waals surface area contributed by atoms with Crippen LogP contribution in [0, 0.1) is 6.92 Å². The average molecular weight is 382 g/mol. The third kappa shape index (κ3) is 4.14. The number of furan rings is 1. The smallest absolute Gasteiger partial charge is 0.375 e. The van der Waals surface area contributed by atoms with Gasteiger partial charge in [-0.3, -0.25) is 10.1 Å². The van der Waals surface area contributed by atoms with E-state index >= 15 is 0 Å². The van der Waals surface area contributed by atoms with Crippen molar-refractivity contribution >= 4 is 39.6 Å². The van der Waals surface area contributed by atoms with Gasteiger partial charge < -0.3 is 14.5 Å². The lowest BCUT2D eigenvalue weighted by molar-refractivity contribution is -0.123. The summed E-state index contributed by atoms with van der Waals surface area (Å²) in [7, 11) is 0. The van der Waals surface area contributed by atoms with E-state index in [1.165, 1.54) is 0 Å². The summed E-state index contributed by atoms with van der Waals surface area (Å²) in [4.78, 5) is 35.7. The number of carbonyl (C=O) groups is 3. The number of amides is 3. The van der Waals surface area contributed by atoms with Gasteiger partial charge in [-0.25, -0.2) is 9.59 Å². The summed E-state index contributed by atoms with van der Waals surface area (Å²) in [5, 5.41) is 7.36. The first-order chi connectivity index (χ1) is 13.5. The molecule has 3 amide bonds. The average Bonchev–Trinajstić information content (AvgIpc) is 3.03. The van der Waals surface area contributed by atoms with Gasteiger partial charge in [-0.1, -0.05) is 49.7 Å². The third-order valence-corrected chi connectivity index (χ3v) is 4.42. The van der Waals surface area contributed by atoms with Gasteiger partial charge >= 0.3 is 12.0 Å². The van der Waals surface area contributed by atoms with Crippen LogP contribution >= 0.6 is 0 Å². The number of benzene rings is 2. The topological polar surface area (TPSA) is 97.6 Å². The molecule has 0 aliphatic heterocycles. The summed E-state index contributed by atoms with van der Waals surface area (Å²) in [5.41, 5.74) is 1.24. The van der Waals surface area contributed by atoms with Crippen molar-refractivity contribution in [3.63, 3.8) is 0 Å². The molecule has 146 valence electrons. The fourth-order valence-corrected chi connectivity index (χ4v) is 2.93. The minimum absolute atomic E-state index is 0.0477. The maximum atomic E-state index is 12.4. The quantitative estimate of drug-likeness (QED) is 0.501. The molecule has 7 heteroatoms. The van der Waals surface area contributed by atoms with E-state index in [0.717, 1.165) is 29.0 Å². The zero-order chi connectivity index (χ0) is 20.1. The number of esters is 1. The molecule has 0 aliphatic rings. The number of nitrogens with one attached hydrogen (secondary N) is 2. The number of carbonyl (C=O) groups excluding carboxylic acids is 3. The highest BCUT2D eigenvalue weighted by Gasteiger charge is 2.21. The predicted molar refractivity (Wildman–Crippen MR) is 105 cm³/mol. The number of urea groups is 1. The van der Waals surface area contributed by atoms with E-state index in [9.17, 15) is 14.4 Å². The van der Waals surface area contributed by atoms with E-state index < -0.39 is 24.5 Å². The fraction of sp³-hybridized carbons (Fsp3) is 0.286. The predicted octanol–water partition coefficient (Wildman–Crippen LogP) is 3.68. The molecule has 0 saturated heterocycles. The van der Waals surface area contributed by atoms with Crippen molar-refractivity contribution in [1.82, 2.24) is 10.6 Å². The highest BCUT2D eigenvalue weighted by atomic mass is 16.5. The first-order valence-electron chi connectivity index (χ1n) is 9.17. The molecule has 0 fully saturated rings. The Morgan fingerprint density at radius 1 is 1.07 bits per heavy atom. The molecule has 7 nitrogen and oxygen atoms in total. The maximum absolute atomic E-state index is 12.4. The number of hydrogen-bond donors (Lipinski definition) is 2. The van der Waals surface area contributed by atoms with Gasteiger partial charge in [-0.2, -0.15) is 0 Å². The van der Waals surface area contributed by atoms with Crippen molar-refractivity contribution in [2.45, 2.75) is 26.7 Å². The molecule has 0 radical (unpaired) electrons. The van der Waals surface area contributed by atoms with Gasteiger partial charge in [-0.05, 0) is 18.7 Å². The molecule has 1 aromatic heterocycles. The Morgan fingerprint density at radius 2 is 1.86 bits per heavy atom. The number of hydrogen-bond acceptors (Lipinski definition) is 5. The zero-order valence-corrected chi connectivity index (χ0v) is 15.8. The van der Waals surface area contributed by atoms with Gasteiger partial charge in [0.25, 0.3) is 5.91 Å².